The van der Waals surface area contributed by atoms with Gasteiger partial charge in [0.1, 0.15) is 4.90 Å². The van der Waals surface area contributed by atoms with Crippen LogP contribution in [0.1, 0.15) is 22.8 Å². The molecule has 0 radical (unpaired) electrons. The van der Waals surface area contributed by atoms with Gasteiger partial charge in [-0.3, -0.25) is 14.8 Å². The van der Waals surface area contributed by atoms with E-state index >= 15 is 0 Å². The molecule has 0 aliphatic rings. The van der Waals surface area contributed by atoms with E-state index in [-0.39, 0.29) is 4.90 Å². The molecule has 102 valence electrons. The Morgan fingerprint density at radius 3 is 2.32 bits per heavy atom. The number of H-pyrrole nitrogens is 1. The first-order valence-electron chi connectivity index (χ1n) is 5.80. The number of sulfonamides is 1. The fraction of sp³-hybridized carbons (Fsp3) is 0.333. The van der Waals surface area contributed by atoms with Crippen LogP contribution < -0.4 is 4.72 Å². The number of anilines is 1. The van der Waals surface area contributed by atoms with E-state index in [0.717, 1.165) is 5.69 Å². The van der Waals surface area contributed by atoms with Gasteiger partial charge in [-0.2, -0.15) is 5.10 Å². The predicted octanol–water partition coefficient (Wildman–Crippen LogP) is 1.84. The molecule has 0 saturated carbocycles. The summed E-state index contributed by atoms with van der Waals surface area (Å²) in [5.74, 6) is 0. The lowest BCUT2D eigenvalue weighted by Crippen LogP contribution is -2.15. The Labute approximate surface area is 112 Å². The zero-order valence-corrected chi connectivity index (χ0v) is 12.1. The van der Waals surface area contributed by atoms with Gasteiger partial charge in [0.25, 0.3) is 10.0 Å². The van der Waals surface area contributed by atoms with Crippen LogP contribution in [0.3, 0.4) is 0 Å². The molecule has 2 heterocycles. The molecule has 0 aromatic carbocycles. The van der Waals surface area contributed by atoms with E-state index in [0.29, 0.717) is 22.8 Å². The van der Waals surface area contributed by atoms with E-state index in [4.69, 9.17) is 0 Å². The average Bonchev–Trinajstić information content (AvgIpc) is 2.63. The van der Waals surface area contributed by atoms with E-state index < -0.39 is 10.0 Å². The lowest BCUT2D eigenvalue weighted by Gasteiger charge is -2.10. The van der Waals surface area contributed by atoms with Gasteiger partial charge in [0.2, 0.25) is 0 Å². The molecule has 0 bridgehead atoms. The third-order valence-electron chi connectivity index (χ3n) is 2.80. The molecule has 6 nitrogen and oxygen atoms in total. The van der Waals surface area contributed by atoms with Gasteiger partial charge in [-0.25, -0.2) is 8.42 Å². The number of hydrogen-bond acceptors (Lipinski definition) is 4. The maximum absolute atomic E-state index is 12.3. The summed E-state index contributed by atoms with van der Waals surface area (Å²) in [5, 5.41) is 6.57. The van der Waals surface area contributed by atoms with Crippen LogP contribution in [0.5, 0.6) is 0 Å². The highest BCUT2D eigenvalue weighted by molar-refractivity contribution is 7.92. The SMILES string of the molecule is Cc1ccc(NS(=O)(=O)c2c(C)n[nH]c2C)c(C)n1. The molecule has 2 rings (SSSR count). The Kier molecular flexibility index (Phi) is 3.32. The summed E-state index contributed by atoms with van der Waals surface area (Å²) in [6, 6.07) is 3.47. The molecule has 7 heteroatoms. The molecule has 0 spiro atoms. The van der Waals surface area contributed by atoms with Crippen LogP contribution in [-0.2, 0) is 10.0 Å². The Hall–Kier alpha value is -1.89. The van der Waals surface area contributed by atoms with Crippen molar-refractivity contribution in [2.75, 3.05) is 4.72 Å². The number of aromatic amines is 1. The summed E-state index contributed by atoms with van der Waals surface area (Å²) in [6.45, 7) is 6.95. The van der Waals surface area contributed by atoms with E-state index in [2.05, 4.69) is 19.9 Å². The van der Waals surface area contributed by atoms with Crippen molar-refractivity contribution in [3.8, 4) is 0 Å². The third kappa shape index (κ3) is 2.60. The minimum atomic E-state index is -3.65. The fourth-order valence-corrected chi connectivity index (χ4v) is 3.42. The second-order valence-corrected chi connectivity index (χ2v) is 6.07. The zero-order chi connectivity index (χ0) is 14.2. The quantitative estimate of drug-likeness (QED) is 0.898. The van der Waals surface area contributed by atoms with Crippen LogP contribution in [0.2, 0.25) is 0 Å². The summed E-state index contributed by atoms with van der Waals surface area (Å²) in [6.07, 6.45) is 0. The first kappa shape index (κ1) is 13.5. The van der Waals surface area contributed by atoms with Crippen molar-refractivity contribution in [3.05, 3.63) is 34.9 Å². The molecule has 0 aliphatic carbocycles. The maximum atomic E-state index is 12.3. The summed E-state index contributed by atoms with van der Waals surface area (Å²) < 4.78 is 27.2. The van der Waals surface area contributed by atoms with Crippen molar-refractivity contribution in [1.29, 1.82) is 0 Å². The van der Waals surface area contributed by atoms with Gasteiger partial charge in [-0.05, 0) is 39.8 Å². The van der Waals surface area contributed by atoms with Crippen LogP contribution in [-0.4, -0.2) is 23.6 Å². The highest BCUT2D eigenvalue weighted by Crippen LogP contribution is 2.22. The molecule has 0 unspecified atom stereocenters. The van der Waals surface area contributed by atoms with Gasteiger partial charge in [-0.1, -0.05) is 0 Å². The van der Waals surface area contributed by atoms with Crippen molar-refractivity contribution in [2.24, 2.45) is 0 Å². The summed E-state index contributed by atoms with van der Waals surface area (Å²) in [4.78, 5) is 4.42. The van der Waals surface area contributed by atoms with Gasteiger partial charge in [0.15, 0.2) is 0 Å². The zero-order valence-electron chi connectivity index (χ0n) is 11.3. The van der Waals surface area contributed by atoms with Crippen LogP contribution in [0, 0.1) is 27.7 Å². The van der Waals surface area contributed by atoms with Gasteiger partial charge in [-0.15, -0.1) is 0 Å². The first-order valence-corrected chi connectivity index (χ1v) is 7.28. The molecule has 2 aromatic heterocycles. The summed E-state index contributed by atoms with van der Waals surface area (Å²) >= 11 is 0. The topological polar surface area (TPSA) is 87.7 Å². The summed E-state index contributed by atoms with van der Waals surface area (Å²) in [5.41, 5.74) is 2.93. The highest BCUT2D eigenvalue weighted by Gasteiger charge is 2.22. The fourth-order valence-electron chi connectivity index (χ4n) is 1.93. The largest absolute Gasteiger partial charge is 0.281 e. The van der Waals surface area contributed by atoms with Crippen molar-refractivity contribution in [3.63, 3.8) is 0 Å². The lowest BCUT2D eigenvalue weighted by atomic mass is 10.3. The van der Waals surface area contributed by atoms with Gasteiger partial charge in [0.05, 0.1) is 22.8 Å². The first-order chi connectivity index (χ1) is 8.81. The van der Waals surface area contributed by atoms with Gasteiger partial charge < -0.3 is 0 Å². The number of nitrogens with zero attached hydrogens (tertiary/aromatic N) is 2. The maximum Gasteiger partial charge on any atom is 0.265 e. The van der Waals surface area contributed by atoms with Crippen LogP contribution in [0.15, 0.2) is 17.0 Å². The molecule has 0 aliphatic heterocycles. The van der Waals surface area contributed by atoms with Gasteiger partial charge in [0, 0.05) is 5.69 Å². The smallest absolute Gasteiger partial charge is 0.265 e. The minimum absolute atomic E-state index is 0.187. The second kappa shape index (κ2) is 4.65. The van der Waals surface area contributed by atoms with Crippen molar-refractivity contribution < 1.29 is 8.42 Å². The van der Waals surface area contributed by atoms with Crippen molar-refractivity contribution in [2.45, 2.75) is 32.6 Å². The number of pyridine rings is 1. The highest BCUT2D eigenvalue weighted by atomic mass is 32.2. The van der Waals surface area contributed by atoms with Crippen molar-refractivity contribution in [1.82, 2.24) is 15.2 Å². The molecule has 0 amide bonds. The van der Waals surface area contributed by atoms with Crippen LogP contribution >= 0.6 is 0 Å². The molecular formula is C12H16N4O2S. The second-order valence-electron chi connectivity index (χ2n) is 4.45. The number of hydrogen-bond donors (Lipinski definition) is 2. The average molecular weight is 280 g/mol. The summed E-state index contributed by atoms with van der Waals surface area (Å²) in [7, 11) is -3.65. The molecule has 2 N–H and O–H groups in total. The van der Waals surface area contributed by atoms with Crippen molar-refractivity contribution >= 4 is 15.7 Å². The molecule has 0 saturated heterocycles. The Morgan fingerprint density at radius 2 is 1.79 bits per heavy atom. The Morgan fingerprint density at radius 1 is 1.11 bits per heavy atom. The van der Waals surface area contributed by atoms with E-state index in [1.54, 1.807) is 32.9 Å². The van der Waals surface area contributed by atoms with Crippen LogP contribution in [0.4, 0.5) is 5.69 Å². The van der Waals surface area contributed by atoms with E-state index in [9.17, 15) is 8.42 Å². The molecule has 2 aromatic rings. The number of rotatable bonds is 3. The van der Waals surface area contributed by atoms with E-state index in [1.807, 2.05) is 6.92 Å². The number of nitrogens with one attached hydrogen (secondary N) is 2. The van der Waals surface area contributed by atoms with Gasteiger partial charge >= 0.3 is 0 Å². The standard InChI is InChI=1S/C12H16N4O2S/c1-7-5-6-11(8(2)13-7)16-19(17,18)12-9(3)14-15-10(12)4/h5-6,16H,1-4H3,(H,14,15). The number of aryl methyl sites for hydroxylation is 4. The monoisotopic (exact) mass is 280 g/mol. The Balaban J connectivity index is 2.42. The minimum Gasteiger partial charge on any atom is -0.281 e. The third-order valence-corrected chi connectivity index (χ3v) is 4.43. The molecular weight excluding hydrogens is 264 g/mol. The van der Waals surface area contributed by atoms with E-state index in [1.165, 1.54) is 0 Å². The molecule has 0 atom stereocenters. The van der Waals surface area contributed by atoms with Crippen LogP contribution in [0.25, 0.3) is 0 Å². The molecule has 0 fully saturated rings. The predicted molar refractivity (Wildman–Crippen MR) is 72.6 cm³/mol. The molecule has 19 heavy (non-hydrogen) atoms. The number of aromatic nitrogens is 3. The lowest BCUT2D eigenvalue weighted by molar-refractivity contribution is 0.600. The normalized spacial score (nSPS) is 11.6. The Bertz CT molecular complexity index is 700.